The third-order valence-corrected chi connectivity index (χ3v) is 3.43. The lowest BCUT2D eigenvalue weighted by molar-refractivity contribution is -0.104. The summed E-state index contributed by atoms with van der Waals surface area (Å²) in [4.78, 5) is 11.0. The van der Waals surface area contributed by atoms with Gasteiger partial charge in [-0.2, -0.15) is 0 Å². The lowest BCUT2D eigenvalue weighted by Crippen LogP contribution is -2.20. The number of carbonyl (C=O) groups excluding carboxylic acids is 1. The fraction of sp³-hybridized carbons (Fsp3) is 0.389. The van der Waals surface area contributed by atoms with Crippen molar-refractivity contribution in [1.29, 1.82) is 0 Å². The van der Waals surface area contributed by atoms with Crippen LogP contribution >= 0.6 is 0 Å². The van der Waals surface area contributed by atoms with Gasteiger partial charge in [-0.1, -0.05) is 48.9 Å². The Labute approximate surface area is 117 Å². The summed E-state index contributed by atoms with van der Waals surface area (Å²) in [5.74, 6) is 0. The molecule has 0 aromatic heterocycles. The molecule has 0 aliphatic carbocycles. The number of carbonyl (C=O) groups is 1. The average molecular weight is 256 g/mol. The average Bonchev–Trinajstić information content (AvgIpc) is 2.36. The Kier molecular flexibility index (Phi) is 5.29. The molecule has 1 atom stereocenters. The van der Waals surface area contributed by atoms with Crippen molar-refractivity contribution in [3.05, 3.63) is 58.7 Å². The molecule has 1 aromatic carbocycles. The Morgan fingerprint density at radius 3 is 2.37 bits per heavy atom. The standard InChI is InChI=1S/C18H24O/c1-14(2)10-11-18(5,12-15(3)13-19)17-9-7-6-8-16(17)4/h6-10,12-13H,11H2,1-5H3/b15-12+. The third kappa shape index (κ3) is 4.20. The van der Waals surface area contributed by atoms with Crippen LogP contribution in [0.1, 0.15) is 45.2 Å². The van der Waals surface area contributed by atoms with Crippen molar-refractivity contribution >= 4 is 6.29 Å². The van der Waals surface area contributed by atoms with E-state index in [0.29, 0.717) is 0 Å². The minimum atomic E-state index is -0.131. The molecule has 102 valence electrons. The van der Waals surface area contributed by atoms with Gasteiger partial charge in [0.25, 0.3) is 0 Å². The summed E-state index contributed by atoms with van der Waals surface area (Å²) in [6.45, 7) is 10.4. The van der Waals surface area contributed by atoms with Crippen LogP contribution in [0.3, 0.4) is 0 Å². The van der Waals surface area contributed by atoms with Gasteiger partial charge in [-0.3, -0.25) is 4.79 Å². The highest BCUT2D eigenvalue weighted by molar-refractivity contribution is 5.72. The van der Waals surface area contributed by atoms with Crippen molar-refractivity contribution < 1.29 is 4.79 Å². The zero-order chi connectivity index (χ0) is 14.5. The van der Waals surface area contributed by atoms with E-state index in [1.807, 2.05) is 6.92 Å². The molecule has 1 heteroatoms. The van der Waals surface area contributed by atoms with E-state index in [4.69, 9.17) is 0 Å². The molecule has 0 aliphatic rings. The van der Waals surface area contributed by atoms with Gasteiger partial charge >= 0.3 is 0 Å². The van der Waals surface area contributed by atoms with Crippen LogP contribution < -0.4 is 0 Å². The van der Waals surface area contributed by atoms with Crippen molar-refractivity contribution in [3.63, 3.8) is 0 Å². The molecule has 0 fully saturated rings. The Balaban J connectivity index is 3.30. The number of benzene rings is 1. The van der Waals surface area contributed by atoms with Gasteiger partial charge in [0.05, 0.1) is 0 Å². The number of hydrogen-bond donors (Lipinski definition) is 0. The fourth-order valence-corrected chi connectivity index (χ4v) is 2.41. The smallest absolute Gasteiger partial charge is 0.145 e. The quantitative estimate of drug-likeness (QED) is 0.422. The summed E-state index contributed by atoms with van der Waals surface area (Å²) in [6.07, 6.45) is 6.16. The summed E-state index contributed by atoms with van der Waals surface area (Å²) in [5.41, 5.74) is 4.51. The molecular formula is C18H24O. The van der Waals surface area contributed by atoms with Crippen LogP contribution in [0.5, 0.6) is 0 Å². The first-order valence-corrected chi connectivity index (χ1v) is 6.73. The predicted octanol–water partition coefficient (Wildman–Crippen LogP) is 4.75. The van der Waals surface area contributed by atoms with Gasteiger partial charge in [0.2, 0.25) is 0 Å². The Hall–Kier alpha value is -1.63. The minimum Gasteiger partial charge on any atom is -0.298 e. The molecule has 1 aromatic rings. The first-order chi connectivity index (χ1) is 8.89. The predicted molar refractivity (Wildman–Crippen MR) is 82.4 cm³/mol. The molecule has 1 rings (SSSR count). The monoisotopic (exact) mass is 256 g/mol. The number of aldehydes is 1. The number of aryl methyl sites for hydroxylation is 1. The zero-order valence-corrected chi connectivity index (χ0v) is 12.7. The highest BCUT2D eigenvalue weighted by Gasteiger charge is 2.24. The first kappa shape index (κ1) is 15.4. The Morgan fingerprint density at radius 1 is 1.21 bits per heavy atom. The molecule has 0 heterocycles. The molecule has 0 aliphatic heterocycles. The maximum Gasteiger partial charge on any atom is 0.145 e. The van der Waals surface area contributed by atoms with E-state index in [9.17, 15) is 4.79 Å². The molecule has 0 saturated heterocycles. The van der Waals surface area contributed by atoms with E-state index in [1.54, 1.807) is 0 Å². The molecule has 1 unspecified atom stereocenters. The molecule has 0 N–H and O–H groups in total. The van der Waals surface area contributed by atoms with Crippen molar-refractivity contribution in [2.24, 2.45) is 0 Å². The van der Waals surface area contributed by atoms with E-state index < -0.39 is 0 Å². The van der Waals surface area contributed by atoms with Crippen molar-refractivity contribution in [2.75, 3.05) is 0 Å². The number of hydrogen-bond acceptors (Lipinski definition) is 1. The van der Waals surface area contributed by atoms with E-state index >= 15 is 0 Å². The van der Waals surface area contributed by atoms with Gasteiger partial charge in [0.15, 0.2) is 0 Å². The summed E-state index contributed by atoms with van der Waals surface area (Å²) in [7, 11) is 0. The molecule has 0 bridgehead atoms. The topological polar surface area (TPSA) is 17.1 Å². The second-order valence-corrected chi connectivity index (χ2v) is 5.72. The summed E-state index contributed by atoms with van der Waals surface area (Å²) in [5, 5.41) is 0. The highest BCUT2D eigenvalue weighted by atomic mass is 16.1. The Bertz CT molecular complexity index is 504. The second kappa shape index (κ2) is 6.51. The van der Waals surface area contributed by atoms with Crippen LogP contribution in [0, 0.1) is 6.92 Å². The normalized spacial score (nSPS) is 14.7. The van der Waals surface area contributed by atoms with Crippen LogP contribution in [0.25, 0.3) is 0 Å². The summed E-state index contributed by atoms with van der Waals surface area (Å²) < 4.78 is 0. The molecule has 19 heavy (non-hydrogen) atoms. The van der Waals surface area contributed by atoms with E-state index in [-0.39, 0.29) is 5.41 Å². The minimum absolute atomic E-state index is 0.131. The third-order valence-electron chi connectivity index (χ3n) is 3.43. The summed E-state index contributed by atoms with van der Waals surface area (Å²) in [6, 6.07) is 8.40. The maximum atomic E-state index is 11.0. The lowest BCUT2D eigenvalue weighted by Gasteiger charge is -2.28. The molecule has 1 nitrogen and oxygen atoms in total. The lowest BCUT2D eigenvalue weighted by atomic mass is 9.76. The number of allylic oxidation sites excluding steroid dienone is 4. The molecule has 0 spiro atoms. The van der Waals surface area contributed by atoms with Crippen molar-refractivity contribution in [1.82, 2.24) is 0 Å². The zero-order valence-electron chi connectivity index (χ0n) is 12.7. The van der Waals surface area contributed by atoms with Crippen LogP contribution in [0.15, 0.2) is 47.6 Å². The van der Waals surface area contributed by atoms with Crippen LogP contribution in [-0.4, -0.2) is 6.29 Å². The van der Waals surface area contributed by atoms with Crippen LogP contribution in [0.4, 0.5) is 0 Å². The van der Waals surface area contributed by atoms with Gasteiger partial charge in [-0.25, -0.2) is 0 Å². The van der Waals surface area contributed by atoms with E-state index in [2.05, 4.69) is 64.1 Å². The van der Waals surface area contributed by atoms with Crippen molar-refractivity contribution in [2.45, 2.75) is 46.5 Å². The van der Waals surface area contributed by atoms with Gasteiger partial charge in [0.1, 0.15) is 6.29 Å². The van der Waals surface area contributed by atoms with Gasteiger partial charge in [-0.15, -0.1) is 0 Å². The molecule has 0 saturated carbocycles. The van der Waals surface area contributed by atoms with E-state index in [1.165, 1.54) is 16.7 Å². The SMILES string of the molecule is CC(C)=CCC(C)(/C=C(\C)C=O)c1ccccc1C. The summed E-state index contributed by atoms with van der Waals surface area (Å²) >= 11 is 0. The van der Waals surface area contributed by atoms with Crippen molar-refractivity contribution in [3.8, 4) is 0 Å². The molecular weight excluding hydrogens is 232 g/mol. The van der Waals surface area contributed by atoms with Gasteiger partial charge in [-0.05, 0) is 50.8 Å². The molecule has 0 amide bonds. The largest absolute Gasteiger partial charge is 0.298 e. The Morgan fingerprint density at radius 2 is 1.84 bits per heavy atom. The van der Waals surface area contributed by atoms with Crippen LogP contribution in [0.2, 0.25) is 0 Å². The second-order valence-electron chi connectivity index (χ2n) is 5.72. The molecule has 0 radical (unpaired) electrons. The van der Waals surface area contributed by atoms with Crippen LogP contribution in [-0.2, 0) is 10.2 Å². The number of rotatable bonds is 5. The highest BCUT2D eigenvalue weighted by Crippen LogP contribution is 2.33. The first-order valence-electron chi connectivity index (χ1n) is 6.73. The van der Waals surface area contributed by atoms with Gasteiger partial charge < -0.3 is 0 Å². The fourth-order valence-electron chi connectivity index (χ4n) is 2.41. The maximum absolute atomic E-state index is 11.0. The van der Waals surface area contributed by atoms with E-state index in [0.717, 1.165) is 18.3 Å². The van der Waals surface area contributed by atoms with Gasteiger partial charge in [0, 0.05) is 5.41 Å².